The van der Waals surface area contributed by atoms with E-state index in [9.17, 15) is 0 Å². The lowest BCUT2D eigenvalue weighted by Gasteiger charge is -2.19. The number of halogens is 1. The Morgan fingerprint density at radius 2 is 1.72 bits per heavy atom. The van der Waals surface area contributed by atoms with Crippen LogP contribution in [0.5, 0.6) is 0 Å². The smallest absolute Gasteiger partial charge is 0.0712 e. The molecule has 1 unspecified atom stereocenters. The summed E-state index contributed by atoms with van der Waals surface area (Å²) in [6, 6.07) is 8.86. The molecule has 0 aliphatic carbocycles. The Morgan fingerprint density at radius 3 is 2.28 bits per heavy atom. The minimum atomic E-state index is 0.135. The molecule has 0 radical (unpaired) electrons. The van der Waals surface area contributed by atoms with Gasteiger partial charge in [-0.05, 0) is 49.4 Å². The maximum absolute atomic E-state index is 6.50. The summed E-state index contributed by atoms with van der Waals surface area (Å²) in [5.41, 5.74) is 2.68. The number of likely N-dealkylation sites (tertiary alicyclic amines) is 1. The van der Waals surface area contributed by atoms with Crippen LogP contribution in [0.1, 0.15) is 43.2 Å². The van der Waals surface area contributed by atoms with Crippen molar-refractivity contribution in [2.24, 2.45) is 5.92 Å². The number of nitrogens with zero attached hydrogens (tertiary/aromatic N) is 1. The van der Waals surface area contributed by atoms with Gasteiger partial charge in [-0.3, -0.25) is 0 Å². The molecule has 2 heteroatoms. The lowest BCUT2D eigenvalue weighted by Crippen LogP contribution is -2.23. The molecule has 0 saturated carbocycles. The summed E-state index contributed by atoms with van der Waals surface area (Å²) in [6.07, 6.45) is 3.81. The Bertz CT molecular complexity index is 352. The van der Waals surface area contributed by atoms with Crippen molar-refractivity contribution in [3.63, 3.8) is 0 Å². The quantitative estimate of drug-likeness (QED) is 0.719. The van der Waals surface area contributed by atoms with Gasteiger partial charge < -0.3 is 4.90 Å². The minimum Gasteiger partial charge on any atom is -0.302 e. The van der Waals surface area contributed by atoms with E-state index in [1.165, 1.54) is 37.1 Å². The molecule has 0 N–H and O–H groups in total. The normalized spacial score (nSPS) is 18.4. The van der Waals surface area contributed by atoms with Crippen LogP contribution in [0, 0.1) is 5.92 Å². The number of hydrogen-bond acceptors (Lipinski definition) is 1. The van der Waals surface area contributed by atoms with Crippen molar-refractivity contribution in [1.29, 1.82) is 0 Å². The molecule has 1 aliphatic heterocycles. The minimum absolute atomic E-state index is 0.135. The van der Waals surface area contributed by atoms with E-state index < -0.39 is 0 Å². The number of alkyl halides is 1. The molecule has 1 aliphatic rings. The van der Waals surface area contributed by atoms with Gasteiger partial charge in [0.05, 0.1) is 5.38 Å². The van der Waals surface area contributed by atoms with E-state index >= 15 is 0 Å². The fourth-order valence-corrected chi connectivity index (χ4v) is 2.97. The maximum Gasteiger partial charge on any atom is 0.0712 e. The highest BCUT2D eigenvalue weighted by molar-refractivity contribution is 6.21. The van der Waals surface area contributed by atoms with Crippen molar-refractivity contribution in [1.82, 2.24) is 4.90 Å². The standard InChI is InChI=1S/C16H24ClN/c1-13(2)11-14-5-7-15(8-6-14)16(17)12-18-9-3-4-10-18/h5-8,13,16H,3-4,9-12H2,1-2H3. The molecule has 0 aromatic heterocycles. The summed E-state index contributed by atoms with van der Waals surface area (Å²) in [4.78, 5) is 2.47. The zero-order valence-corrected chi connectivity index (χ0v) is 12.3. The monoisotopic (exact) mass is 265 g/mol. The van der Waals surface area contributed by atoms with Crippen LogP contribution in [-0.2, 0) is 6.42 Å². The van der Waals surface area contributed by atoms with E-state index in [2.05, 4.69) is 43.0 Å². The highest BCUT2D eigenvalue weighted by atomic mass is 35.5. The number of benzene rings is 1. The molecule has 18 heavy (non-hydrogen) atoms. The number of rotatable bonds is 5. The van der Waals surface area contributed by atoms with Crippen LogP contribution in [0.2, 0.25) is 0 Å². The third kappa shape index (κ3) is 4.00. The second-order valence-corrected chi connectivity index (χ2v) is 6.34. The molecule has 2 rings (SSSR count). The first-order valence-electron chi connectivity index (χ1n) is 7.10. The van der Waals surface area contributed by atoms with Crippen molar-refractivity contribution in [3.05, 3.63) is 35.4 Å². The van der Waals surface area contributed by atoms with Gasteiger partial charge in [0.15, 0.2) is 0 Å². The molecule has 1 nitrogen and oxygen atoms in total. The molecule has 0 amide bonds. The highest BCUT2D eigenvalue weighted by Crippen LogP contribution is 2.24. The van der Waals surface area contributed by atoms with E-state index in [0.717, 1.165) is 13.0 Å². The zero-order chi connectivity index (χ0) is 13.0. The van der Waals surface area contributed by atoms with E-state index in [0.29, 0.717) is 5.92 Å². The molecule has 1 aromatic rings. The Kier molecular flexibility index (Phi) is 5.08. The predicted molar refractivity (Wildman–Crippen MR) is 79.3 cm³/mol. The summed E-state index contributed by atoms with van der Waals surface area (Å²) in [5.74, 6) is 0.715. The Labute approximate surface area is 116 Å². The molecule has 1 atom stereocenters. The van der Waals surface area contributed by atoms with Crippen LogP contribution in [0.3, 0.4) is 0 Å². The van der Waals surface area contributed by atoms with Crippen LogP contribution >= 0.6 is 11.6 Å². The topological polar surface area (TPSA) is 3.24 Å². The maximum atomic E-state index is 6.50. The third-order valence-electron chi connectivity index (χ3n) is 3.60. The summed E-state index contributed by atoms with van der Waals surface area (Å²) in [5, 5.41) is 0.135. The highest BCUT2D eigenvalue weighted by Gasteiger charge is 2.16. The second-order valence-electron chi connectivity index (χ2n) is 5.81. The van der Waals surface area contributed by atoms with Gasteiger partial charge >= 0.3 is 0 Å². The zero-order valence-electron chi connectivity index (χ0n) is 11.5. The molecular weight excluding hydrogens is 242 g/mol. The summed E-state index contributed by atoms with van der Waals surface area (Å²) >= 11 is 6.50. The van der Waals surface area contributed by atoms with Gasteiger partial charge in [0.25, 0.3) is 0 Å². The van der Waals surface area contributed by atoms with Crippen LogP contribution in [0.15, 0.2) is 24.3 Å². The molecule has 100 valence electrons. The molecule has 1 fully saturated rings. The first-order valence-corrected chi connectivity index (χ1v) is 7.54. The average molecular weight is 266 g/mol. The van der Waals surface area contributed by atoms with E-state index in [1.807, 2.05) is 0 Å². The first kappa shape index (κ1) is 13.9. The summed E-state index contributed by atoms with van der Waals surface area (Å²) < 4.78 is 0. The van der Waals surface area contributed by atoms with Crippen LogP contribution < -0.4 is 0 Å². The van der Waals surface area contributed by atoms with Gasteiger partial charge in [0.2, 0.25) is 0 Å². The fraction of sp³-hybridized carbons (Fsp3) is 0.625. The van der Waals surface area contributed by atoms with Gasteiger partial charge in [0, 0.05) is 6.54 Å². The van der Waals surface area contributed by atoms with Gasteiger partial charge in [0.1, 0.15) is 0 Å². The van der Waals surface area contributed by atoms with Crippen molar-refractivity contribution in [2.75, 3.05) is 19.6 Å². The Hall–Kier alpha value is -0.530. The van der Waals surface area contributed by atoms with Crippen molar-refractivity contribution in [3.8, 4) is 0 Å². The third-order valence-corrected chi connectivity index (χ3v) is 3.99. The average Bonchev–Trinajstić information content (AvgIpc) is 2.82. The molecule has 1 saturated heterocycles. The van der Waals surface area contributed by atoms with Gasteiger partial charge in [-0.25, -0.2) is 0 Å². The largest absolute Gasteiger partial charge is 0.302 e. The first-order chi connectivity index (χ1) is 8.65. The van der Waals surface area contributed by atoms with Crippen LogP contribution in [0.25, 0.3) is 0 Å². The van der Waals surface area contributed by atoms with Gasteiger partial charge in [-0.1, -0.05) is 38.1 Å². The van der Waals surface area contributed by atoms with Crippen molar-refractivity contribution < 1.29 is 0 Å². The second kappa shape index (κ2) is 6.58. The molecule has 0 bridgehead atoms. The number of hydrogen-bond donors (Lipinski definition) is 0. The van der Waals surface area contributed by atoms with Crippen molar-refractivity contribution >= 4 is 11.6 Å². The summed E-state index contributed by atoms with van der Waals surface area (Å²) in [6.45, 7) is 7.94. The SMILES string of the molecule is CC(C)Cc1ccc(C(Cl)CN2CCCC2)cc1. The van der Waals surface area contributed by atoms with Crippen molar-refractivity contribution in [2.45, 2.75) is 38.5 Å². The Balaban J connectivity index is 1.91. The molecule has 0 spiro atoms. The molecule has 1 heterocycles. The van der Waals surface area contributed by atoms with Crippen LogP contribution in [-0.4, -0.2) is 24.5 Å². The lowest BCUT2D eigenvalue weighted by atomic mass is 10.0. The van der Waals surface area contributed by atoms with E-state index in [1.54, 1.807) is 0 Å². The van der Waals surface area contributed by atoms with Crippen LogP contribution in [0.4, 0.5) is 0 Å². The fourth-order valence-electron chi connectivity index (χ4n) is 2.63. The molecular formula is C16H24ClN. The van der Waals surface area contributed by atoms with Gasteiger partial charge in [-0.2, -0.15) is 0 Å². The lowest BCUT2D eigenvalue weighted by molar-refractivity contribution is 0.339. The van der Waals surface area contributed by atoms with E-state index in [4.69, 9.17) is 11.6 Å². The predicted octanol–water partition coefficient (Wildman–Crippen LogP) is 4.26. The van der Waals surface area contributed by atoms with E-state index in [-0.39, 0.29) is 5.38 Å². The Morgan fingerprint density at radius 1 is 1.11 bits per heavy atom. The van der Waals surface area contributed by atoms with Gasteiger partial charge in [-0.15, -0.1) is 11.6 Å². The summed E-state index contributed by atoms with van der Waals surface area (Å²) in [7, 11) is 0. The molecule has 1 aromatic carbocycles.